The second-order valence-corrected chi connectivity index (χ2v) is 5.68. The molecule has 0 aliphatic carbocycles. The lowest BCUT2D eigenvalue weighted by atomic mass is 10.1. The molecule has 0 spiro atoms. The number of aromatic amines is 1. The van der Waals surface area contributed by atoms with Crippen LogP contribution in [0.4, 0.5) is 0 Å². The Morgan fingerprint density at radius 1 is 1.38 bits per heavy atom. The first kappa shape index (κ1) is 15.6. The molecule has 4 nitrogen and oxygen atoms in total. The largest absolute Gasteiger partial charge is 0.333 e. The van der Waals surface area contributed by atoms with Crippen LogP contribution in [0.5, 0.6) is 0 Å². The Morgan fingerprint density at radius 2 is 2.10 bits per heavy atom. The molecule has 0 fully saturated rings. The highest BCUT2D eigenvalue weighted by Gasteiger charge is 2.19. The molecule has 1 amide bonds. The summed E-state index contributed by atoms with van der Waals surface area (Å²) in [4.78, 5) is 14.3. The zero-order chi connectivity index (χ0) is 15.4. The van der Waals surface area contributed by atoms with Gasteiger partial charge in [0, 0.05) is 23.8 Å². The van der Waals surface area contributed by atoms with Crippen LogP contribution in [0.15, 0.2) is 30.3 Å². The Kier molecular flexibility index (Phi) is 5.02. The van der Waals surface area contributed by atoms with E-state index in [4.69, 9.17) is 11.6 Å². The molecule has 0 saturated carbocycles. The molecule has 0 radical (unpaired) electrons. The van der Waals surface area contributed by atoms with Crippen molar-refractivity contribution >= 4 is 17.5 Å². The number of amides is 1. The summed E-state index contributed by atoms with van der Waals surface area (Å²) >= 11 is 6.16. The van der Waals surface area contributed by atoms with Crippen molar-refractivity contribution < 1.29 is 4.79 Å². The molecule has 1 aromatic carbocycles. The average molecular weight is 306 g/mol. The van der Waals surface area contributed by atoms with Gasteiger partial charge in [0.25, 0.3) is 5.91 Å². The maximum Gasteiger partial charge on any atom is 0.274 e. The quantitative estimate of drug-likeness (QED) is 0.912. The second kappa shape index (κ2) is 6.76. The van der Waals surface area contributed by atoms with Crippen LogP contribution in [-0.2, 0) is 6.54 Å². The van der Waals surface area contributed by atoms with E-state index in [1.165, 1.54) is 0 Å². The first-order valence-corrected chi connectivity index (χ1v) is 7.48. The molecular weight excluding hydrogens is 286 g/mol. The molecule has 1 N–H and O–H groups in total. The maximum atomic E-state index is 12.5. The molecule has 21 heavy (non-hydrogen) atoms. The maximum absolute atomic E-state index is 12.5. The third-order valence-electron chi connectivity index (χ3n) is 3.43. The lowest BCUT2D eigenvalue weighted by Crippen LogP contribution is -2.30. The monoisotopic (exact) mass is 305 g/mol. The summed E-state index contributed by atoms with van der Waals surface area (Å²) in [5, 5.41) is 7.71. The van der Waals surface area contributed by atoms with Crippen LogP contribution in [0.2, 0.25) is 5.02 Å². The summed E-state index contributed by atoms with van der Waals surface area (Å²) in [5.41, 5.74) is 2.36. The van der Waals surface area contributed by atoms with Gasteiger partial charge < -0.3 is 4.90 Å². The normalized spacial score (nSPS) is 10.9. The van der Waals surface area contributed by atoms with Crippen molar-refractivity contribution in [2.24, 2.45) is 0 Å². The van der Waals surface area contributed by atoms with Gasteiger partial charge in [-0.1, -0.05) is 43.6 Å². The number of hydrogen-bond acceptors (Lipinski definition) is 2. The van der Waals surface area contributed by atoms with E-state index in [1.54, 1.807) is 4.90 Å². The number of aromatic nitrogens is 2. The number of hydrogen-bond donors (Lipinski definition) is 1. The number of H-pyrrole nitrogens is 1. The Balaban J connectivity index is 2.16. The molecule has 5 heteroatoms. The summed E-state index contributed by atoms with van der Waals surface area (Å²) in [6.07, 6.45) is 0. The SMILES string of the molecule is CCN(Cc1ccccc1Cl)C(=O)c1cc(C(C)C)[nH]n1. The minimum absolute atomic E-state index is 0.0828. The van der Waals surface area contributed by atoms with Gasteiger partial charge in [-0.3, -0.25) is 9.89 Å². The molecule has 1 heterocycles. The van der Waals surface area contributed by atoms with Crippen molar-refractivity contribution in [1.29, 1.82) is 0 Å². The van der Waals surface area contributed by atoms with Gasteiger partial charge in [0.05, 0.1) is 0 Å². The van der Waals surface area contributed by atoms with Gasteiger partial charge >= 0.3 is 0 Å². The zero-order valence-corrected chi connectivity index (χ0v) is 13.3. The summed E-state index contributed by atoms with van der Waals surface area (Å²) in [6.45, 7) is 7.16. The van der Waals surface area contributed by atoms with Crippen LogP contribution in [0.3, 0.4) is 0 Å². The van der Waals surface area contributed by atoms with Crippen molar-refractivity contribution in [1.82, 2.24) is 15.1 Å². The smallest absolute Gasteiger partial charge is 0.274 e. The highest BCUT2D eigenvalue weighted by molar-refractivity contribution is 6.31. The van der Waals surface area contributed by atoms with Crippen molar-refractivity contribution in [2.75, 3.05) is 6.54 Å². The first-order valence-electron chi connectivity index (χ1n) is 7.11. The Morgan fingerprint density at radius 3 is 2.67 bits per heavy atom. The Labute approximate surface area is 130 Å². The standard InChI is InChI=1S/C16H20ClN3O/c1-4-20(10-12-7-5-6-8-13(12)17)16(21)15-9-14(11(2)3)18-19-15/h5-9,11H,4,10H2,1-3H3,(H,18,19). The van der Waals surface area contributed by atoms with Crippen LogP contribution >= 0.6 is 11.6 Å². The van der Waals surface area contributed by atoms with Crippen LogP contribution in [-0.4, -0.2) is 27.5 Å². The van der Waals surface area contributed by atoms with Gasteiger partial charge in [0.2, 0.25) is 0 Å². The highest BCUT2D eigenvalue weighted by Crippen LogP contribution is 2.19. The van der Waals surface area contributed by atoms with Crippen LogP contribution < -0.4 is 0 Å². The average Bonchev–Trinajstić information content (AvgIpc) is 2.96. The molecule has 0 unspecified atom stereocenters. The van der Waals surface area contributed by atoms with Gasteiger partial charge in [-0.05, 0) is 30.5 Å². The van der Waals surface area contributed by atoms with Crippen LogP contribution in [0.1, 0.15) is 48.4 Å². The van der Waals surface area contributed by atoms with E-state index in [9.17, 15) is 4.79 Å². The van der Waals surface area contributed by atoms with Gasteiger partial charge in [0.15, 0.2) is 0 Å². The summed E-state index contributed by atoms with van der Waals surface area (Å²) < 4.78 is 0. The fraction of sp³-hybridized carbons (Fsp3) is 0.375. The summed E-state index contributed by atoms with van der Waals surface area (Å²) in [7, 11) is 0. The fourth-order valence-electron chi connectivity index (χ4n) is 2.06. The second-order valence-electron chi connectivity index (χ2n) is 5.27. The number of halogens is 1. The van der Waals surface area contributed by atoms with E-state index in [1.807, 2.05) is 37.3 Å². The van der Waals surface area contributed by atoms with E-state index in [0.29, 0.717) is 29.7 Å². The van der Waals surface area contributed by atoms with Gasteiger partial charge in [0.1, 0.15) is 5.69 Å². The zero-order valence-electron chi connectivity index (χ0n) is 12.6. The molecular formula is C16H20ClN3O. The van der Waals surface area contributed by atoms with Gasteiger partial charge in [-0.15, -0.1) is 0 Å². The van der Waals surface area contributed by atoms with Crippen molar-refractivity contribution in [2.45, 2.75) is 33.2 Å². The van der Waals surface area contributed by atoms with E-state index >= 15 is 0 Å². The van der Waals surface area contributed by atoms with Gasteiger partial charge in [-0.2, -0.15) is 5.10 Å². The molecule has 0 saturated heterocycles. The predicted octanol–water partition coefficient (Wildman–Crippen LogP) is 3.85. The highest BCUT2D eigenvalue weighted by atomic mass is 35.5. The van der Waals surface area contributed by atoms with E-state index in [-0.39, 0.29) is 5.91 Å². The Bertz CT molecular complexity index is 621. The molecule has 0 atom stereocenters. The van der Waals surface area contributed by atoms with Gasteiger partial charge in [-0.25, -0.2) is 0 Å². The Hall–Kier alpha value is -1.81. The number of carbonyl (C=O) groups is 1. The summed E-state index contributed by atoms with van der Waals surface area (Å²) in [6, 6.07) is 9.39. The van der Waals surface area contributed by atoms with E-state index < -0.39 is 0 Å². The molecule has 0 aliphatic rings. The third kappa shape index (κ3) is 3.64. The fourth-order valence-corrected chi connectivity index (χ4v) is 2.26. The number of carbonyl (C=O) groups excluding carboxylic acids is 1. The molecule has 2 aromatic rings. The minimum atomic E-state index is -0.0828. The molecule has 112 valence electrons. The number of rotatable bonds is 5. The van der Waals surface area contributed by atoms with Crippen molar-refractivity contribution in [3.8, 4) is 0 Å². The lowest BCUT2D eigenvalue weighted by molar-refractivity contribution is 0.0746. The predicted molar refractivity (Wildman–Crippen MR) is 84.5 cm³/mol. The van der Waals surface area contributed by atoms with E-state index in [2.05, 4.69) is 24.0 Å². The third-order valence-corrected chi connectivity index (χ3v) is 3.80. The first-order chi connectivity index (χ1) is 10.0. The van der Waals surface area contributed by atoms with Crippen LogP contribution in [0, 0.1) is 0 Å². The molecule has 0 aliphatic heterocycles. The van der Waals surface area contributed by atoms with Crippen molar-refractivity contribution in [3.05, 3.63) is 52.3 Å². The minimum Gasteiger partial charge on any atom is -0.333 e. The van der Waals surface area contributed by atoms with Crippen LogP contribution in [0.25, 0.3) is 0 Å². The molecule has 2 rings (SSSR count). The molecule has 0 bridgehead atoms. The van der Waals surface area contributed by atoms with Crippen molar-refractivity contribution in [3.63, 3.8) is 0 Å². The number of nitrogens with zero attached hydrogens (tertiary/aromatic N) is 2. The summed E-state index contributed by atoms with van der Waals surface area (Å²) in [5.74, 6) is 0.235. The topological polar surface area (TPSA) is 49.0 Å². The number of nitrogens with one attached hydrogen (secondary N) is 1. The van der Waals surface area contributed by atoms with E-state index in [0.717, 1.165) is 11.3 Å². The lowest BCUT2D eigenvalue weighted by Gasteiger charge is -2.20. The molecule has 1 aromatic heterocycles. The number of benzene rings is 1.